The number of carbonyl (C=O) groups is 2. The first kappa shape index (κ1) is 16.5. The molecule has 5 nitrogen and oxygen atoms in total. The van der Waals surface area contributed by atoms with Crippen LogP contribution in [0.2, 0.25) is 18.1 Å². The summed E-state index contributed by atoms with van der Waals surface area (Å²) in [4.78, 5) is 25.6. The summed E-state index contributed by atoms with van der Waals surface area (Å²) < 4.78 is 11.3. The summed E-state index contributed by atoms with van der Waals surface area (Å²) in [6, 6.07) is -0.432. The summed E-state index contributed by atoms with van der Waals surface area (Å²) in [5, 5.41) is 0.115. The van der Waals surface area contributed by atoms with Gasteiger partial charge >= 0.3 is 5.97 Å². The molecule has 0 spiro atoms. The minimum absolute atomic E-state index is 0.0149. The molecule has 2 heterocycles. The second-order valence-corrected chi connectivity index (χ2v) is 12.5. The van der Waals surface area contributed by atoms with E-state index in [4.69, 9.17) is 9.16 Å². The Labute approximate surface area is 128 Å². The number of methoxy groups -OCH3 is 1. The van der Waals surface area contributed by atoms with Crippen molar-refractivity contribution in [1.29, 1.82) is 0 Å². The van der Waals surface area contributed by atoms with Crippen LogP contribution in [0.3, 0.4) is 0 Å². The molecular formula is C15H27NO4Si. The Morgan fingerprint density at radius 2 is 1.81 bits per heavy atom. The molecule has 3 aliphatic rings. The molecule has 1 amide bonds. The quantitative estimate of drug-likeness (QED) is 0.592. The highest BCUT2D eigenvalue weighted by Crippen LogP contribution is 2.51. The third-order valence-corrected chi connectivity index (χ3v) is 9.89. The molecule has 3 fully saturated rings. The predicted molar refractivity (Wildman–Crippen MR) is 82.3 cm³/mol. The van der Waals surface area contributed by atoms with Gasteiger partial charge in [-0.05, 0) is 24.6 Å². The Kier molecular flexibility index (Phi) is 3.99. The van der Waals surface area contributed by atoms with Crippen LogP contribution in [-0.4, -0.2) is 50.4 Å². The van der Waals surface area contributed by atoms with Crippen molar-refractivity contribution < 1.29 is 18.8 Å². The maximum absolute atomic E-state index is 12.0. The van der Waals surface area contributed by atoms with E-state index < -0.39 is 14.4 Å². The number of nitrogens with zero attached hydrogens (tertiary/aromatic N) is 1. The van der Waals surface area contributed by atoms with E-state index in [0.717, 1.165) is 6.42 Å². The lowest BCUT2D eigenvalue weighted by Gasteiger charge is -2.45. The molecule has 3 rings (SSSR count). The highest BCUT2D eigenvalue weighted by Gasteiger charge is 2.64. The number of esters is 1. The molecule has 0 N–H and O–H groups in total. The van der Waals surface area contributed by atoms with Crippen LogP contribution in [-0.2, 0) is 18.8 Å². The van der Waals surface area contributed by atoms with Crippen molar-refractivity contribution in [1.82, 2.24) is 4.90 Å². The van der Waals surface area contributed by atoms with Crippen LogP contribution in [0.1, 0.15) is 34.1 Å². The lowest BCUT2D eigenvalue weighted by Crippen LogP contribution is -2.54. The molecule has 0 radical (unpaired) electrons. The third-order valence-electron chi connectivity index (χ3n) is 5.42. The third kappa shape index (κ3) is 2.52. The van der Waals surface area contributed by atoms with E-state index in [1.54, 1.807) is 4.90 Å². The maximum Gasteiger partial charge on any atom is 0.328 e. The van der Waals surface area contributed by atoms with Gasteiger partial charge in [-0.3, -0.25) is 4.79 Å². The Morgan fingerprint density at radius 3 is 2.24 bits per heavy atom. The van der Waals surface area contributed by atoms with Crippen molar-refractivity contribution in [3.05, 3.63) is 0 Å². The van der Waals surface area contributed by atoms with Crippen molar-refractivity contribution in [2.24, 2.45) is 5.92 Å². The topological polar surface area (TPSA) is 55.8 Å². The average Bonchev–Trinajstić information content (AvgIpc) is 2.87. The first-order valence-corrected chi connectivity index (χ1v) is 10.5. The van der Waals surface area contributed by atoms with Gasteiger partial charge in [-0.2, -0.15) is 0 Å². The number of hydrogen-bond acceptors (Lipinski definition) is 4. The van der Waals surface area contributed by atoms with Gasteiger partial charge in [0.15, 0.2) is 8.32 Å². The molecular weight excluding hydrogens is 286 g/mol. The van der Waals surface area contributed by atoms with Gasteiger partial charge in [-0.1, -0.05) is 20.8 Å². The van der Waals surface area contributed by atoms with E-state index in [0.29, 0.717) is 0 Å². The second-order valence-electron chi connectivity index (χ2n) is 7.70. The number of hydrogen-bond donors (Lipinski definition) is 0. The summed E-state index contributed by atoms with van der Waals surface area (Å²) in [6.07, 6.45) is 0.831. The molecule has 2 bridgehead atoms. The lowest BCUT2D eigenvalue weighted by atomic mass is 9.79. The Morgan fingerprint density at radius 1 is 1.24 bits per heavy atom. The minimum atomic E-state index is -1.91. The fraction of sp³-hybridized carbons (Fsp3) is 0.867. The minimum Gasteiger partial charge on any atom is -0.467 e. The molecule has 0 unspecified atom stereocenters. The van der Waals surface area contributed by atoms with Crippen LogP contribution < -0.4 is 0 Å². The highest BCUT2D eigenvalue weighted by atomic mass is 28.4. The number of carbonyl (C=O) groups excluding carboxylic acids is 2. The van der Waals surface area contributed by atoms with Gasteiger partial charge in [0.25, 0.3) is 0 Å². The van der Waals surface area contributed by atoms with Crippen molar-refractivity contribution in [3.63, 3.8) is 0 Å². The Hall–Kier alpha value is -0.883. The van der Waals surface area contributed by atoms with Gasteiger partial charge < -0.3 is 14.1 Å². The van der Waals surface area contributed by atoms with E-state index in [9.17, 15) is 9.59 Å². The normalized spacial score (nSPS) is 31.9. The zero-order chi connectivity index (χ0) is 16.2. The second kappa shape index (κ2) is 5.09. The fourth-order valence-corrected chi connectivity index (χ4v) is 4.52. The average molecular weight is 313 g/mol. The standard InChI is InChI=1S/C15H27NO4Si/c1-9(17)16-11-8-10(12(16)14(18)19-5)13(11)20-21(6,7)15(2,3)4/h10-13H,8H2,1-7H3/t10-,11-,12-,13+/m0/s1. The van der Waals surface area contributed by atoms with E-state index in [2.05, 4.69) is 33.9 Å². The molecule has 0 aromatic rings. The van der Waals surface area contributed by atoms with Gasteiger partial charge in [-0.25, -0.2) is 4.79 Å². The van der Waals surface area contributed by atoms with Gasteiger partial charge in [-0.15, -0.1) is 0 Å². The smallest absolute Gasteiger partial charge is 0.328 e. The van der Waals surface area contributed by atoms with Crippen molar-refractivity contribution in [2.75, 3.05) is 7.11 Å². The van der Waals surface area contributed by atoms with Gasteiger partial charge in [0.1, 0.15) is 6.04 Å². The van der Waals surface area contributed by atoms with Crippen LogP contribution >= 0.6 is 0 Å². The van der Waals surface area contributed by atoms with Crippen molar-refractivity contribution in [3.8, 4) is 0 Å². The molecule has 0 aromatic heterocycles. The zero-order valence-corrected chi connectivity index (χ0v) is 15.1. The summed E-state index contributed by atoms with van der Waals surface area (Å²) in [6.45, 7) is 12.5. The Balaban J connectivity index is 2.20. The predicted octanol–water partition coefficient (Wildman–Crippen LogP) is 2.17. The number of amides is 1. The van der Waals surface area contributed by atoms with Gasteiger partial charge in [0.05, 0.1) is 19.3 Å². The molecule has 4 atom stereocenters. The fourth-order valence-electron chi connectivity index (χ4n) is 3.15. The summed E-state index contributed by atoms with van der Waals surface area (Å²) >= 11 is 0. The van der Waals surface area contributed by atoms with Crippen LogP contribution in [0.15, 0.2) is 0 Å². The van der Waals surface area contributed by atoms with Crippen LogP contribution in [0.25, 0.3) is 0 Å². The summed E-state index contributed by atoms with van der Waals surface area (Å²) in [5.41, 5.74) is 0. The number of rotatable bonds is 3. The van der Waals surface area contributed by atoms with Crippen LogP contribution in [0, 0.1) is 5.92 Å². The molecule has 6 heteroatoms. The maximum atomic E-state index is 12.0. The number of ether oxygens (including phenoxy) is 1. The molecule has 2 saturated heterocycles. The molecule has 1 aliphatic carbocycles. The van der Waals surface area contributed by atoms with Gasteiger partial charge in [0, 0.05) is 12.8 Å². The summed E-state index contributed by atoms with van der Waals surface area (Å²) in [7, 11) is -0.535. The monoisotopic (exact) mass is 313 g/mol. The zero-order valence-electron chi connectivity index (χ0n) is 14.1. The van der Waals surface area contributed by atoms with Crippen molar-refractivity contribution >= 4 is 20.2 Å². The lowest BCUT2D eigenvalue weighted by molar-refractivity contribution is -0.150. The number of fused-ring (bicyclic) bond motifs is 1. The summed E-state index contributed by atoms with van der Waals surface area (Å²) in [5.74, 6) is -0.307. The Bertz CT molecular complexity index is 457. The van der Waals surface area contributed by atoms with Gasteiger partial charge in [0.2, 0.25) is 5.91 Å². The molecule has 120 valence electrons. The largest absolute Gasteiger partial charge is 0.467 e. The van der Waals surface area contributed by atoms with Crippen LogP contribution in [0.4, 0.5) is 0 Å². The van der Waals surface area contributed by atoms with E-state index in [1.807, 2.05) is 0 Å². The van der Waals surface area contributed by atoms with E-state index in [-0.39, 0.29) is 35.0 Å². The molecule has 21 heavy (non-hydrogen) atoms. The van der Waals surface area contributed by atoms with Crippen LogP contribution in [0.5, 0.6) is 0 Å². The van der Waals surface area contributed by atoms with E-state index in [1.165, 1.54) is 14.0 Å². The first-order chi connectivity index (χ1) is 9.51. The highest BCUT2D eigenvalue weighted by molar-refractivity contribution is 6.74. The first-order valence-electron chi connectivity index (χ1n) is 7.56. The van der Waals surface area contributed by atoms with Crippen molar-refractivity contribution in [2.45, 2.75) is 70.4 Å². The molecule has 0 aromatic carbocycles. The molecule has 2 aliphatic heterocycles. The van der Waals surface area contributed by atoms with E-state index >= 15 is 0 Å². The SMILES string of the molecule is COC(=O)[C@@H]1[C@@H]2C[C@@H]([C@@H]2O[Si](C)(C)C(C)(C)C)N1C(C)=O. The molecule has 1 saturated carbocycles.